The maximum absolute atomic E-state index is 13.3. The maximum Gasteiger partial charge on any atom is 0.263 e. The summed E-state index contributed by atoms with van der Waals surface area (Å²) in [6.07, 6.45) is 1.66. The highest BCUT2D eigenvalue weighted by atomic mass is 32.2. The number of hydrogen-bond donors (Lipinski definition) is 0. The Morgan fingerprint density at radius 1 is 1.38 bits per heavy atom. The predicted molar refractivity (Wildman–Crippen MR) is 115 cm³/mol. The van der Waals surface area contributed by atoms with Gasteiger partial charge in [0.15, 0.2) is 5.16 Å². The van der Waals surface area contributed by atoms with E-state index in [4.69, 9.17) is 9.15 Å². The normalized spacial score (nSPS) is 14.4. The van der Waals surface area contributed by atoms with E-state index in [2.05, 4.69) is 11.6 Å². The third-order valence-corrected chi connectivity index (χ3v) is 6.50. The van der Waals surface area contributed by atoms with Gasteiger partial charge in [0.05, 0.1) is 24.4 Å². The van der Waals surface area contributed by atoms with E-state index in [9.17, 15) is 9.59 Å². The van der Waals surface area contributed by atoms with Crippen molar-refractivity contribution in [3.8, 4) is 11.3 Å². The minimum Gasteiger partial charge on any atom is -0.461 e. The van der Waals surface area contributed by atoms with Gasteiger partial charge >= 0.3 is 0 Å². The summed E-state index contributed by atoms with van der Waals surface area (Å²) in [5, 5.41) is 2.95. The van der Waals surface area contributed by atoms with Crippen LogP contribution in [0.5, 0.6) is 0 Å². The van der Waals surface area contributed by atoms with Crippen LogP contribution in [0.15, 0.2) is 44.5 Å². The van der Waals surface area contributed by atoms with E-state index in [0.29, 0.717) is 54.0 Å². The summed E-state index contributed by atoms with van der Waals surface area (Å²) in [6, 6.07) is 3.73. The summed E-state index contributed by atoms with van der Waals surface area (Å²) in [5.41, 5.74) is 0.593. The molecule has 3 aromatic heterocycles. The fourth-order valence-electron chi connectivity index (χ4n) is 3.20. The molecule has 0 saturated carbocycles. The smallest absolute Gasteiger partial charge is 0.263 e. The Hall–Kier alpha value is -2.36. The van der Waals surface area contributed by atoms with Crippen molar-refractivity contribution in [2.45, 2.75) is 18.6 Å². The molecule has 0 spiro atoms. The number of furan rings is 1. The third kappa shape index (κ3) is 4.03. The average Bonchev–Trinajstić information content (AvgIpc) is 3.35. The molecule has 9 heteroatoms. The molecule has 1 aliphatic heterocycles. The summed E-state index contributed by atoms with van der Waals surface area (Å²) in [6.45, 7) is 8.27. The van der Waals surface area contributed by atoms with Crippen LogP contribution in [0.2, 0.25) is 0 Å². The molecule has 4 heterocycles. The Balaban J connectivity index is 1.67. The minimum atomic E-state index is -0.151. The highest BCUT2D eigenvalue weighted by Gasteiger charge is 2.21. The second kappa shape index (κ2) is 8.56. The van der Waals surface area contributed by atoms with Gasteiger partial charge in [0, 0.05) is 30.6 Å². The Morgan fingerprint density at radius 2 is 2.17 bits per heavy atom. The van der Waals surface area contributed by atoms with Gasteiger partial charge in [0.2, 0.25) is 5.91 Å². The molecule has 152 valence electrons. The van der Waals surface area contributed by atoms with Crippen molar-refractivity contribution in [3.63, 3.8) is 0 Å². The fourth-order valence-corrected chi connectivity index (χ4v) is 5.08. The molecule has 1 aliphatic rings. The number of nitrogens with zero attached hydrogens (tertiary/aromatic N) is 3. The topological polar surface area (TPSA) is 77.6 Å². The summed E-state index contributed by atoms with van der Waals surface area (Å²) >= 11 is 2.68. The van der Waals surface area contributed by atoms with Crippen LogP contribution >= 0.6 is 23.1 Å². The first kappa shape index (κ1) is 19.9. The molecule has 0 unspecified atom stereocenters. The van der Waals surface area contributed by atoms with E-state index in [1.165, 1.54) is 23.1 Å². The quantitative estimate of drug-likeness (QED) is 0.339. The average molecular weight is 432 g/mol. The Morgan fingerprint density at radius 3 is 2.86 bits per heavy atom. The van der Waals surface area contributed by atoms with Crippen molar-refractivity contribution in [2.75, 3.05) is 32.1 Å². The molecular weight excluding hydrogens is 410 g/mol. The molecule has 1 amide bonds. The van der Waals surface area contributed by atoms with Crippen LogP contribution < -0.4 is 5.56 Å². The lowest BCUT2D eigenvalue weighted by Gasteiger charge is -2.26. The number of allylic oxidation sites excluding steroid dienone is 1. The standard InChI is InChI=1S/C20H21N3O4S2/c1-3-6-23-19(25)17-14(15-5-4-13(2)27-15)11-28-18(17)21-20(23)29-12-16(24)22-7-9-26-10-8-22/h3-5,11H,1,6-10,12H2,2H3. The number of rotatable bonds is 6. The first-order chi connectivity index (χ1) is 14.1. The number of fused-ring (bicyclic) bond motifs is 1. The Labute approximate surface area is 176 Å². The van der Waals surface area contributed by atoms with Gasteiger partial charge in [-0.25, -0.2) is 4.98 Å². The lowest BCUT2D eigenvalue weighted by Crippen LogP contribution is -2.41. The monoisotopic (exact) mass is 431 g/mol. The van der Waals surface area contributed by atoms with Crippen LogP contribution in [0.1, 0.15) is 5.76 Å². The number of carbonyl (C=O) groups is 1. The number of aryl methyl sites for hydroxylation is 1. The number of amides is 1. The van der Waals surface area contributed by atoms with Crippen LogP contribution in [-0.4, -0.2) is 52.4 Å². The number of thiophene rings is 1. The lowest BCUT2D eigenvalue weighted by atomic mass is 10.2. The molecular formula is C20H21N3O4S2. The van der Waals surface area contributed by atoms with Crippen molar-refractivity contribution in [1.29, 1.82) is 0 Å². The van der Waals surface area contributed by atoms with E-state index >= 15 is 0 Å². The van der Waals surface area contributed by atoms with Gasteiger partial charge < -0.3 is 14.1 Å². The molecule has 4 rings (SSSR count). The summed E-state index contributed by atoms with van der Waals surface area (Å²) in [4.78, 5) is 32.9. The SMILES string of the molecule is C=CCn1c(SCC(=O)N2CCOCC2)nc2scc(-c3ccc(C)o3)c2c1=O. The Kier molecular flexibility index (Phi) is 5.89. The molecule has 0 atom stereocenters. The summed E-state index contributed by atoms with van der Waals surface area (Å²) in [7, 11) is 0. The number of aromatic nitrogens is 2. The minimum absolute atomic E-state index is 0.0238. The highest BCUT2D eigenvalue weighted by Crippen LogP contribution is 2.33. The molecule has 3 aromatic rings. The third-order valence-electron chi connectivity index (χ3n) is 4.66. The largest absolute Gasteiger partial charge is 0.461 e. The van der Waals surface area contributed by atoms with Crippen molar-refractivity contribution >= 4 is 39.2 Å². The van der Waals surface area contributed by atoms with Gasteiger partial charge in [-0.1, -0.05) is 17.8 Å². The highest BCUT2D eigenvalue weighted by molar-refractivity contribution is 7.99. The van der Waals surface area contributed by atoms with Crippen molar-refractivity contribution in [3.05, 3.63) is 46.3 Å². The zero-order chi connectivity index (χ0) is 20.4. The van der Waals surface area contributed by atoms with Gasteiger partial charge in [-0.15, -0.1) is 17.9 Å². The summed E-state index contributed by atoms with van der Waals surface area (Å²) < 4.78 is 12.6. The van der Waals surface area contributed by atoms with Crippen molar-refractivity contribution in [2.24, 2.45) is 0 Å². The molecule has 1 saturated heterocycles. The molecule has 0 aromatic carbocycles. The van der Waals surface area contributed by atoms with E-state index in [0.717, 1.165) is 11.3 Å². The van der Waals surface area contributed by atoms with E-state index in [-0.39, 0.29) is 17.2 Å². The summed E-state index contributed by atoms with van der Waals surface area (Å²) in [5.74, 6) is 1.69. The van der Waals surface area contributed by atoms with Crippen molar-refractivity contribution < 1.29 is 13.9 Å². The van der Waals surface area contributed by atoms with Crippen LogP contribution in [0, 0.1) is 6.92 Å². The first-order valence-corrected chi connectivity index (χ1v) is 11.1. The van der Waals surface area contributed by atoms with Gasteiger partial charge in [0.1, 0.15) is 16.4 Å². The maximum atomic E-state index is 13.3. The molecule has 0 N–H and O–H groups in total. The second-order valence-electron chi connectivity index (χ2n) is 6.62. The van der Waals surface area contributed by atoms with Crippen LogP contribution in [-0.2, 0) is 16.1 Å². The predicted octanol–water partition coefficient (Wildman–Crippen LogP) is 3.16. The Bertz CT molecular complexity index is 1110. The molecule has 0 aliphatic carbocycles. The van der Waals surface area contributed by atoms with E-state index < -0.39 is 0 Å². The molecule has 0 bridgehead atoms. The lowest BCUT2D eigenvalue weighted by molar-refractivity contribution is -0.132. The fraction of sp³-hybridized carbons (Fsp3) is 0.350. The van der Waals surface area contributed by atoms with Gasteiger partial charge in [-0.05, 0) is 19.1 Å². The van der Waals surface area contributed by atoms with Crippen LogP contribution in [0.3, 0.4) is 0 Å². The number of carbonyl (C=O) groups excluding carboxylic acids is 1. The number of ether oxygens (including phenoxy) is 1. The van der Waals surface area contributed by atoms with Gasteiger partial charge in [0.25, 0.3) is 5.56 Å². The van der Waals surface area contributed by atoms with E-state index in [1.807, 2.05) is 24.4 Å². The zero-order valence-electron chi connectivity index (χ0n) is 16.1. The number of hydrogen-bond acceptors (Lipinski definition) is 7. The van der Waals surface area contributed by atoms with Crippen molar-refractivity contribution in [1.82, 2.24) is 14.5 Å². The molecule has 1 fully saturated rings. The molecule has 29 heavy (non-hydrogen) atoms. The van der Waals surface area contributed by atoms with Crippen LogP contribution in [0.25, 0.3) is 21.5 Å². The molecule has 7 nitrogen and oxygen atoms in total. The van der Waals surface area contributed by atoms with Gasteiger partial charge in [-0.2, -0.15) is 0 Å². The van der Waals surface area contributed by atoms with Gasteiger partial charge in [-0.3, -0.25) is 14.2 Å². The second-order valence-corrected chi connectivity index (χ2v) is 8.42. The first-order valence-electron chi connectivity index (χ1n) is 9.26. The zero-order valence-corrected chi connectivity index (χ0v) is 17.7. The number of thioether (sulfide) groups is 1. The van der Waals surface area contributed by atoms with E-state index in [1.54, 1.807) is 15.5 Å². The van der Waals surface area contributed by atoms with Crippen LogP contribution in [0.4, 0.5) is 0 Å². The molecule has 0 radical (unpaired) electrons. The number of morpholine rings is 1.